The van der Waals surface area contributed by atoms with Crippen LogP contribution in [0.3, 0.4) is 0 Å². The molecule has 0 bridgehead atoms. The van der Waals surface area contributed by atoms with E-state index < -0.39 is 33.7 Å². The van der Waals surface area contributed by atoms with Crippen LogP contribution in [0, 0.1) is 5.82 Å². The summed E-state index contributed by atoms with van der Waals surface area (Å²) in [7, 11) is -1.81. The quantitative estimate of drug-likeness (QED) is 0.507. The Morgan fingerprint density at radius 3 is 2.63 bits per heavy atom. The molecule has 1 aliphatic heterocycles. The summed E-state index contributed by atoms with van der Waals surface area (Å²) in [6.07, 6.45) is 2.47. The number of nitrogens with one attached hydrogen (secondary N) is 1. The fraction of sp³-hybridized carbons (Fsp3) is 0.421. The number of aromatic nitrogens is 2. The molecule has 0 saturated carbocycles. The van der Waals surface area contributed by atoms with Gasteiger partial charge in [0, 0.05) is 20.1 Å². The molecule has 1 saturated heterocycles. The van der Waals surface area contributed by atoms with Crippen molar-refractivity contribution >= 4 is 22.6 Å². The number of carbonyl (C=O) groups excluding carboxylic acids is 1. The van der Waals surface area contributed by atoms with Crippen LogP contribution in [-0.2, 0) is 13.5 Å². The number of amides is 1. The Morgan fingerprint density at radius 1 is 1.27 bits per heavy atom. The molecule has 1 amide bonds. The summed E-state index contributed by atoms with van der Waals surface area (Å²) < 4.78 is 35.8. The topological polar surface area (TPSA) is 128 Å². The predicted octanol–water partition coefficient (Wildman–Crippen LogP) is 2.25. The normalized spacial score (nSPS) is 16.9. The molecule has 0 radical (unpaired) electrons. The van der Waals surface area contributed by atoms with Gasteiger partial charge < -0.3 is 10.4 Å². The summed E-state index contributed by atoms with van der Waals surface area (Å²) in [6.45, 7) is 0.521. The Morgan fingerprint density at radius 2 is 1.97 bits per heavy atom. The van der Waals surface area contributed by atoms with Crippen LogP contribution in [-0.4, -0.2) is 48.5 Å². The first-order valence-electron chi connectivity index (χ1n) is 9.57. The van der Waals surface area contributed by atoms with Crippen LogP contribution in [0.1, 0.15) is 35.3 Å². The molecule has 3 rings (SSSR count). The number of anilines is 1. The average molecular weight is 440 g/mol. The fourth-order valence-corrected chi connectivity index (χ4v) is 4.89. The maximum atomic E-state index is 12.9. The molecule has 1 aromatic heterocycles. The number of aromatic hydroxyl groups is 1. The molecule has 1 fully saturated rings. The first kappa shape index (κ1) is 22.1. The van der Waals surface area contributed by atoms with Gasteiger partial charge in [0.15, 0.2) is 5.69 Å². The van der Waals surface area contributed by atoms with Gasteiger partial charge in [-0.05, 0) is 43.4 Å². The van der Waals surface area contributed by atoms with Crippen molar-refractivity contribution in [3.8, 4) is 5.75 Å². The van der Waals surface area contributed by atoms with Gasteiger partial charge in [-0.25, -0.2) is 13.7 Å². The van der Waals surface area contributed by atoms with Gasteiger partial charge in [-0.3, -0.25) is 23.3 Å². The first-order chi connectivity index (χ1) is 14.2. The van der Waals surface area contributed by atoms with Gasteiger partial charge in [0.25, 0.3) is 11.5 Å². The Bertz CT molecular complexity index is 980. The first-order valence-corrected chi connectivity index (χ1v) is 11.2. The molecule has 2 aromatic rings. The second kappa shape index (κ2) is 9.02. The van der Waals surface area contributed by atoms with Gasteiger partial charge >= 0.3 is 0 Å². The lowest BCUT2D eigenvalue weighted by molar-refractivity contribution is 0.0944. The number of hydrogen-bond acceptors (Lipinski definition) is 7. The standard InChI is InChI=1S/C19H25FN4O5S/c1-23-18(27)16(25)15(22-19(23)24-11-2-3-12-30(24,28)29)17(26)21-10-4-5-13-6-8-14(20)9-7-13/h6-9,25,28-29H,2-5,10-12H2,1H3,(H,21,26). The van der Waals surface area contributed by atoms with Crippen molar-refractivity contribution in [2.75, 3.05) is 23.1 Å². The van der Waals surface area contributed by atoms with Crippen molar-refractivity contribution in [2.45, 2.75) is 25.7 Å². The number of hydrogen-bond donors (Lipinski definition) is 4. The summed E-state index contributed by atoms with van der Waals surface area (Å²) in [5.41, 5.74) is -0.398. The van der Waals surface area contributed by atoms with Gasteiger partial charge in [0.2, 0.25) is 11.7 Å². The summed E-state index contributed by atoms with van der Waals surface area (Å²) in [5, 5.41) is 12.7. The van der Waals surface area contributed by atoms with E-state index in [2.05, 4.69) is 10.3 Å². The average Bonchev–Trinajstić information content (AvgIpc) is 2.71. The molecule has 30 heavy (non-hydrogen) atoms. The van der Waals surface area contributed by atoms with Crippen LogP contribution >= 0.6 is 10.8 Å². The molecule has 4 N–H and O–H groups in total. The van der Waals surface area contributed by atoms with Crippen LogP contribution < -0.4 is 15.2 Å². The van der Waals surface area contributed by atoms with Crippen molar-refractivity contribution in [3.63, 3.8) is 0 Å². The largest absolute Gasteiger partial charge is 0.501 e. The van der Waals surface area contributed by atoms with Crippen molar-refractivity contribution in [3.05, 3.63) is 51.7 Å². The van der Waals surface area contributed by atoms with Crippen molar-refractivity contribution in [2.24, 2.45) is 7.05 Å². The highest BCUT2D eigenvalue weighted by Gasteiger charge is 2.31. The lowest BCUT2D eigenvalue weighted by Crippen LogP contribution is -2.40. The zero-order valence-corrected chi connectivity index (χ0v) is 17.4. The molecule has 9 nitrogen and oxygen atoms in total. The van der Waals surface area contributed by atoms with Crippen LogP contribution in [0.2, 0.25) is 0 Å². The minimum absolute atomic E-state index is 0.0750. The van der Waals surface area contributed by atoms with E-state index in [9.17, 15) is 28.2 Å². The Hall–Kier alpha value is -2.63. The molecule has 0 aliphatic carbocycles. The number of benzene rings is 1. The highest BCUT2D eigenvalue weighted by atomic mass is 32.3. The maximum Gasteiger partial charge on any atom is 0.297 e. The lowest BCUT2D eigenvalue weighted by Gasteiger charge is -2.46. The molecular weight excluding hydrogens is 415 g/mol. The van der Waals surface area contributed by atoms with Crippen molar-refractivity contribution in [1.82, 2.24) is 14.9 Å². The minimum atomic E-state index is -3.15. The van der Waals surface area contributed by atoms with E-state index >= 15 is 0 Å². The van der Waals surface area contributed by atoms with Gasteiger partial charge in [-0.2, -0.15) is 0 Å². The maximum absolute atomic E-state index is 12.9. The molecular formula is C19H25FN4O5S. The Balaban J connectivity index is 1.73. The number of aryl methyl sites for hydroxylation is 1. The van der Waals surface area contributed by atoms with Crippen LogP contribution in [0.5, 0.6) is 5.75 Å². The zero-order valence-electron chi connectivity index (χ0n) is 16.5. The number of carbonyl (C=O) groups is 1. The molecule has 11 heteroatoms. The van der Waals surface area contributed by atoms with E-state index in [1.54, 1.807) is 12.1 Å². The van der Waals surface area contributed by atoms with E-state index in [0.29, 0.717) is 25.7 Å². The highest BCUT2D eigenvalue weighted by Crippen LogP contribution is 2.48. The predicted molar refractivity (Wildman–Crippen MR) is 112 cm³/mol. The Labute approximate surface area is 174 Å². The monoisotopic (exact) mass is 440 g/mol. The number of rotatable bonds is 6. The second-order valence-corrected chi connectivity index (χ2v) is 9.22. The smallest absolute Gasteiger partial charge is 0.297 e. The molecule has 0 atom stereocenters. The van der Waals surface area contributed by atoms with Gasteiger partial charge in [-0.1, -0.05) is 12.1 Å². The molecule has 1 aromatic carbocycles. The van der Waals surface area contributed by atoms with E-state index in [-0.39, 0.29) is 30.6 Å². The number of halogens is 1. The molecule has 1 aliphatic rings. The third-order valence-corrected chi connectivity index (χ3v) is 6.79. The van der Waals surface area contributed by atoms with Gasteiger partial charge in [0.1, 0.15) is 5.82 Å². The lowest BCUT2D eigenvalue weighted by atomic mass is 10.1. The molecule has 2 heterocycles. The summed E-state index contributed by atoms with van der Waals surface area (Å²) in [5.74, 6) is -1.78. The van der Waals surface area contributed by atoms with Crippen LogP contribution in [0.4, 0.5) is 10.3 Å². The molecule has 164 valence electrons. The molecule has 0 spiro atoms. The van der Waals surface area contributed by atoms with E-state index in [1.807, 2.05) is 0 Å². The molecule has 0 unspecified atom stereocenters. The minimum Gasteiger partial charge on any atom is -0.501 e. The Kier molecular flexibility index (Phi) is 6.64. The summed E-state index contributed by atoms with van der Waals surface area (Å²) in [6, 6.07) is 6.05. The van der Waals surface area contributed by atoms with Crippen molar-refractivity contribution < 1.29 is 23.4 Å². The third-order valence-electron chi connectivity index (χ3n) is 4.90. The van der Waals surface area contributed by atoms with E-state index in [4.69, 9.17) is 0 Å². The van der Waals surface area contributed by atoms with Crippen LogP contribution in [0.25, 0.3) is 0 Å². The van der Waals surface area contributed by atoms with Gasteiger partial charge in [0.05, 0.1) is 5.75 Å². The van der Waals surface area contributed by atoms with E-state index in [0.717, 1.165) is 10.1 Å². The third kappa shape index (κ3) is 4.74. The zero-order chi connectivity index (χ0) is 21.9. The summed E-state index contributed by atoms with van der Waals surface area (Å²) in [4.78, 5) is 29.0. The second-order valence-electron chi connectivity index (χ2n) is 7.10. The van der Waals surface area contributed by atoms with Crippen molar-refractivity contribution in [1.29, 1.82) is 0 Å². The summed E-state index contributed by atoms with van der Waals surface area (Å²) >= 11 is 0. The highest BCUT2D eigenvalue weighted by molar-refractivity contribution is 8.25. The SMILES string of the molecule is Cn1c(N2CCCCS2(O)O)nc(C(=O)NCCCc2ccc(F)cc2)c(O)c1=O. The van der Waals surface area contributed by atoms with E-state index in [1.165, 1.54) is 23.5 Å². The fourth-order valence-electron chi connectivity index (χ4n) is 3.23. The van der Waals surface area contributed by atoms with Crippen LogP contribution in [0.15, 0.2) is 29.1 Å². The van der Waals surface area contributed by atoms with Gasteiger partial charge in [-0.15, -0.1) is 10.8 Å². The number of nitrogens with zero attached hydrogens (tertiary/aromatic N) is 3.